The van der Waals surface area contributed by atoms with Crippen LogP contribution in [0, 0.1) is 5.82 Å². The lowest BCUT2D eigenvalue weighted by Crippen LogP contribution is -2.26. The van der Waals surface area contributed by atoms with Crippen molar-refractivity contribution in [1.29, 1.82) is 0 Å². The lowest BCUT2D eigenvalue weighted by Gasteiger charge is -2.07. The molecule has 1 aromatic rings. The van der Waals surface area contributed by atoms with Crippen molar-refractivity contribution in [1.82, 2.24) is 10.6 Å². The van der Waals surface area contributed by atoms with Gasteiger partial charge in [-0.3, -0.25) is 0 Å². The Hall–Kier alpha value is -0.640. The molecule has 0 saturated carbocycles. The van der Waals surface area contributed by atoms with Crippen molar-refractivity contribution in [3.05, 3.63) is 34.6 Å². The maximum Gasteiger partial charge on any atom is 0.142 e. The van der Waals surface area contributed by atoms with E-state index >= 15 is 0 Å². The van der Waals surface area contributed by atoms with Gasteiger partial charge in [0.05, 0.1) is 5.02 Å². The van der Waals surface area contributed by atoms with Gasteiger partial charge < -0.3 is 10.6 Å². The molecule has 0 aliphatic rings. The van der Waals surface area contributed by atoms with Crippen LogP contribution in [-0.4, -0.2) is 19.6 Å². The number of nitrogens with one attached hydrogen (secondary N) is 2. The van der Waals surface area contributed by atoms with E-state index in [-0.39, 0.29) is 10.8 Å². The van der Waals surface area contributed by atoms with Gasteiger partial charge in [-0.05, 0) is 18.2 Å². The highest BCUT2D eigenvalue weighted by molar-refractivity contribution is 6.31. The molecule has 0 spiro atoms. The van der Waals surface area contributed by atoms with Crippen LogP contribution in [0.5, 0.6) is 0 Å². The maximum atomic E-state index is 13.0. The zero-order chi connectivity index (χ0) is 11.1. The Balaban J connectivity index is 2.34. The molecule has 0 radical (unpaired) electrons. The van der Waals surface area contributed by atoms with Gasteiger partial charge in [0.15, 0.2) is 0 Å². The normalized spacial score (nSPS) is 10.6. The van der Waals surface area contributed by atoms with Crippen molar-refractivity contribution in [2.24, 2.45) is 0 Å². The minimum atomic E-state index is -0.359. The molecule has 0 amide bonds. The first kappa shape index (κ1) is 12.4. The van der Waals surface area contributed by atoms with Gasteiger partial charge in [0.1, 0.15) is 5.82 Å². The standard InChI is InChI=1S/C11H16ClFN2/c1-2-14-6-7-15-8-9-4-3-5-10(13)11(9)12/h3-5,14-15H,2,6-8H2,1H3. The molecule has 0 aromatic heterocycles. The number of hydrogen-bond acceptors (Lipinski definition) is 2. The zero-order valence-electron chi connectivity index (χ0n) is 8.82. The van der Waals surface area contributed by atoms with Crippen LogP contribution in [-0.2, 0) is 6.54 Å². The van der Waals surface area contributed by atoms with Crippen molar-refractivity contribution >= 4 is 11.6 Å². The summed E-state index contributed by atoms with van der Waals surface area (Å²) < 4.78 is 13.0. The van der Waals surface area contributed by atoms with Crippen LogP contribution in [0.1, 0.15) is 12.5 Å². The molecular formula is C11H16ClFN2. The number of benzene rings is 1. The van der Waals surface area contributed by atoms with E-state index in [2.05, 4.69) is 17.6 Å². The van der Waals surface area contributed by atoms with Crippen LogP contribution in [0.4, 0.5) is 4.39 Å². The van der Waals surface area contributed by atoms with E-state index in [1.165, 1.54) is 6.07 Å². The Morgan fingerprint density at radius 3 is 2.73 bits per heavy atom. The second kappa shape index (κ2) is 6.77. The van der Waals surface area contributed by atoms with Gasteiger partial charge in [0.2, 0.25) is 0 Å². The first-order valence-corrected chi connectivity index (χ1v) is 5.47. The molecule has 0 saturated heterocycles. The predicted molar refractivity (Wildman–Crippen MR) is 61.7 cm³/mol. The Bertz CT molecular complexity index is 305. The molecule has 0 aliphatic carbocycles. The summed E-state index contributed by atoms with van der Waals surface area (Å²) in [5.74, 6) is -0.359. The lowest BCUT2D eigenvalue weighted by atomic mass is 10.2. The van der Waals surface area contributed by atoms with E-state index in [1.807, 2.05) is 6.07 Å². The van der Waals surface area contributed by atoms with E-state index in [0.717, 1.165) is 25.2 Å². The van der Waals surface area contributed by atoms with E-state index < -0.39 is 0 Å². The molecule has 0 atom stereocenters. The Morgan fingerprint density at radius 2 is 2.00 bits per heavy atom. The van der Waals surface area contributed by atoms with Crippen LogP contribution in [0.3, 0.4) is 0 Å². The van der Waals surface area contributed by atoms with Crippen molar-refractivity contribution in [2.45, 2.75) is 13.5 Å². The van der Waals surface area contributed by atoms with Crippen LogP contribution in [0.2, 0.25) is 5.02 Å². The molecule has 2 N–H and O–H groups in total. The monoisotopic (exact) mass is 230 g/mol. The average Bonchev–Trinajstić information content (AvgIpc) is 2.24. The van der Waals surface area contributed by atoms with Crippen molar-refractivity contribution in [2.75, 3.05) is 19.6 Å². The van der Waals surface area contributed by atoms with E-state index in [0.29, 0.717) is 6.54 Å². The fourth-order valence-corrected chi connectivity index (χ4v) is 1.45. The summed E-state index contributed by atoms with van der Waals surface area (Å²) in [5, 5.41) is 6.60. The van der Waals surface area contributed by atoms with Crippen LogP contribution in [0.15, 0.2) is 18.2 Å². The number of halogens is 2. The smallest absolute Gasteiger partial charge is 0.142 e. The highest BCUT2D eigenvalue weighted by Crippen LogP contribution is 2.18. The van der Waals surface area contributed by atoms with Crippen LogP contribution < -0.4 is 10.6 Å². The van der Waals surface area contributed by atoms with Gasteiger partial charge >= 0.3 is 0 Å². The summed E-state index contributed by atoms with van der Waals surface area (Å²) in [5.41, 5.74) is 0.799. The van der Waals surface area contributed by atoms with Crippen LogP contribution >= 0.6 is 11.6 Å². The van der Waals surface area contributed by atoms with Crippen molar-refractivity contribution < 1.29 is 4.39 Å². The number of rotatable bonds is 6. The number of hydrogen-bond donors (Lipinski definition) is 2. The Kier molecular flexibility index (Phi) is 5.61. The van der Waals surface area contributed by atoms with E-state index in [4.69, 9.17) is 11.6 Å². The molecule has 2 nitrogen and oxygen atoms in total. The Labute approximate surface area is 94.8 Å². The molecule has 0 bridgehead atoms. The third kappa shape index (κ3) is 4.16. The topological polar surface area (TPSA) is 24.1 Å². The summed E-state index contributed by atoms with van der Waals surface area (Å²) in [6.45, 7) is 5.37. The quantitative estimate of drug-likeness (QED) is 0.732. The predicted octanol–water partition coefficient (Wildman–Crippen LogP) is 2.18. The van der Waals surface area contributed by atoms with E-state index in [1.54, 1.807) is 6.07 Å². The molecule has 4 heteroatoms. The van der Waals surface area contributed by atoms with Gasteiger partial charge in [0.25, 0.3) is 0 Å². The summed E-state index contributed by atoms with van der Waals surface area (Å²) in [6, 6.07) is 4.86. The zero-order valence-corrected chi connectivity index (χ0v) is 9.57. The minimum Gasteiger partial charge on any atom is -0.316 e. The molecular weight excluding hydrogens is 215 g/mol. The minimum absolute atomic E-state index is 0.216. The second-order valence-corrected chi connectivity index (χ2v) is 3.62. The molecule has 0 fully saturated rings. The molecule has 1 rings (SSSR count). The van der Waals surface area contributed by atoms with Gasteiger partial charge in [-0.25, -0.2) is 4.39 Å². The maximum absolute atomic E-state index is 13.0. The molecule has 0 aliphatic heterocycles. The van der Waals surface area contributed by atoms with Gasteiger partial charge in [-0.1, -0.05) is 30.7 Å². The lowest BCUT2D eigenvalue weighted by molar-refractivity contribution is 0.610. The summed E-state index contributed by atoms with van der Waals surface area (Å²) >= 11 is 5.80. The highest BCUT2D eigenvalue weighted by atomic mass is 35.5. The van der Waals surface area contributed by atoms with Gasteiger partial charge in [-0.15, -0.1) is 0 Å². The molecule has 0 heterocycles. The molecule has 15 heavy (non-hydrogen) atoms. The van der Waals surface area contributed by atoms with Crippen molar-refractivity contribution in [3.8, 4) is 0 Å². The molecule has 0 unspecified atom stereocenters. The Morgan fingerprint density at radius 1 is 1.27 bits per heavy atom. The SMILES string of the molecule is CCNCCNCc1cccc(F)c1Cl. The van der Waals surface area contributed by atoms with Gasteiger partial charge in [-0.2, -0.15) is 0 Å². The highest BCUT2D eigenvalue weighted by Gasteiger charge is 2.04. The fraction of sp³-hybridized carbons (Fsp3) is 0.455. The third-order valence-electron chi connectivity index (χ3n) is 2.08. The van der Waals surface area contributed by atoms with Gasteiger partial charge in [0, 0.05) is 19.6 Å². The molecule has 1 aromatic carbocycles. The average molecular weight is 231 g/mol. The summed E-state index contributed by atoms with van der Waals surface area (Å²) in [4.78, 5) is 0. The summed E-state index contributed by atoms with van der Waals surface area (Å²) in [6.07, 6.45) is 0. The second-order valence-electron chi connectivity index (χ2n) is 3.24. The first-order valence-electron chi connectivity index (χ1n) is 5.10. The fourth-order valence-electron chi connectivity index (χ4n) is 1.26. The first-order chi connectivity index (χ1) is 7.25. The number of likely N-dealkylation sites (N-methyl/N-ethyl adjacent to an activating group) is 1. The third-order valence-corrected chi connectivity index (χ3v) is 2.50. The summed E-state index contributed by atoms with van der Waals surface area (Å²) in [7, 11) is 0. The van der Waals surface area contributed by atoms with Crippen molar-refractivity contribution in [3.63, 3.8) is 0 Å². The molecule has 84 valence electrons. The largest absolute Gasteiger partial charge is 0.316 e. The van der Waals surface area contributed by atoms with E-state index in [9.17, 15) is 4.39 Å². The van der Waals surface area contributed by atoms with Crippen LogP contribution in [0.25, 0.3) is 0 Å².